The second kappa shape index (κ2) is 5.77. The first-order chi connectivity index (χ1) is 10.1. The van der Waals surface area contributed by atoms with E-state index in [1.165, 1.54) is 6.33 Å². The molecule has 0 fully saturated rings. The van der Waals surface area contributed by atoms with Crippen molar-refractivity contribution in [2.75, 3.05) is 0 Å². The topological polar surface area (TPSA) is 98.0 Å². The summed E-state index contributed by atoms with van der Waals surface area (Å²) < 4.78 is 32.3. The number of aryl methyl sites for hydroxylation is 2. The van der Waals surface area contributed by atoms with Gasteiger partial charge in [-0.05, 0) is 13.8 Å². The molecule has 2 aromatic rings. The number of nitrogens with zero attached hydrogens (tertiary/aromatic N) is 3. The summed E-state index contributed by atoms with van der Waals surface area (Å²) in [4.78, 5) is 8.34. The minimum absolute atomic E-state index is 0.0849. The molecule has 2 heterocycles. The molecule has 0 aliphatic heterocycles. The van der Waals surface area contributed by atoms with Crippen LogP contribution in [0.2, 0.25) is 0 Å². The Morgan fingerprint density at radius 3 is 2.50 bits per heavy atom. The highest BCUT2D eigenvalue weighted by Crippen LogP contribution is 2.24. The summed E-state index contributed by atoms with van der Waals surface area (Å²) in [5.41, 5.74) is 1.69. The predicted molar refractivity (Wildman–Crippen MR) is 80.7 cm³/mol. The first kappa shape index (κ1) is 16.6. The normalized spacial score (nSPS) is 12.6. The van der Waals surface area contributed by atoms with E-state index in [9.17, 15) is 8.42 Å². The Morgan fingerprint density at radius 1 is 1.27 bits per heavy atom. The van der Waals surface area contributed by atoms with Gasteiger partial charge in [0.1, 0.15) is 16.9 Å². The van der Waals surface area contributed by atoms with E-state index in [1.807, 2.05) is 20.8 Å². The summed E-state index contributed by atoms with van der Waals surface area (Å²) in [6.45, 7) is 9.32. The minimum Gasteiger partial charge on any atom is -0.360 e. The fourth-order valence-electron chi connectivity index (χ4n) is 2.27. The number of aromatic nitrogens is 3. The van der Waals surface area contributed by atoms with E-state index in [2.05, 4.69) is 19.8 Å². The number of hydrogen-bond donors (Lipinski definition) is 1. The number of rotatable bonds is 4. The first-order valence-corrected chi connectivity index (χ1v) is 8.33. The van der Waals surface area contributed by atoms with Crippen molar-refractivity contribution in [3.05, 3.63) is 35.2 Å². The molecule has 0 unspecified atom stereocenters. The molecule has 0 aromatic carbocycles. The Kier molecular flexibility index (Phi) is 4.35. The highest BCUT2D eigenvalue weighted by Gasteiger charge is 2.25. The van der Waals surface area contributed by atoms with Gasteiger partial charge in [-0.25, -0.2) is 23.1 Å². The smallest absolute Gasteiger partial charge is 0.246 e. The van der Waals surface area contributed by atoms with Crippen LogP contribution in [0, 0.1) is 13.8 Å². The third-order valence-electron chi connectivity index (χ3n) is 3.19. The molecule has 0 aliphatic rings. The lowest BCUT2D eigenvalue weighted by Crippen LogP contribution is -2.27. The molecule has 2 rings (SSSR count). The van der Waals surface area contributed by atoms with Crippen LogP contribution in [0.1, 0.15) is 43.5 Å². The zero-order chi connectivity index (χ0) is 16.5. The van der Waals surface area contributed by atoms with Gasteiger partial charge in [0.15, 0.2) is 5.76 Å². The van der Waals surface area contributed by atoms with Crippen LogP contribution < -0.4 is 4.72 Å². The number of hydrogen-bond acceptors (Lipinski definition) is 6. The zero-order valence-corrected chi connectivity index (χ0v) is 14.2. The second-order valence-corrected chi connectivity index (χ2v) is 7.83. The van der Waals surface area contributed by atoms with Crippen LogP contribution in [0.4, 0.5) is 0 Å². The van der Waals surface area contributed by atoms with Crippen molar-refractivity contribution in [3.8, 4) is 0 Å². The van der Waals surface area contributed by atoms with Crippen molar-refractivity contribution < 1.29 is 12.9 Å². The lowest BCUT2D eigenvalue weighted by atomic mass is 9.89. The lowest BCUT2D eigenvalue weighted by molar-refractivity contribution is 0.390. The molecule has 8 heteroatoms. The maximum Gasteiger partial charge on any atom is 0.246 e. The van der Waals surface area contributed by atoms with Crippen LogP contribution >= 0.6 is 0 Å². The van der Waals surface area contributed by atoms with E-state index in [-0.39, 0.29) is 22.6 Å². The summed E-state index contributed by atoms with van der Waals surface area (Å²) in [6, 6.07) is 0. The van der Waals surface area contributed by atoms with Gasteiger partial charge < -0.3 is 4.52 Å². The van der Waals surface area contributed by atoms with Gasteiger partial charge in [0.05, 0.1) is 5.69 Å². The Bertz CT molecular complexity index is 756. The molecule has 7 nitrogen and oxygen atoms in total. The minimum atomic E-state index is -3.70. The lowest BCUT2D eigenvalue weighted by Gasteiger charge is -2.20. The molecular weight excluding hydrogens is 304 g/mol. The third-order valence-corrected chi connectivity index (χ3v) is 4.83. The van der Waals surface area contributed by atoms with Gasteiger partial charge in [0, 0.05) is 23.7 Å². The van der Waals surface area contributed by atoms with Crippen molar-refractivity contribution in [3.63, 3.8) is 0 Å². The largest absolute Gasteiger partial charge is 0.360 e. The molecule has 0 atom stereocenters. The molecular formula is C14H20N4O3S. The molecule has 0 saturated heterocycles. The third kappa shape index (κ3) is 3.33. The standard InChI is InChI=1S/C14H20N4O3S/c1-9-12(10(2)21-18-9)22(19,20)17-7-11-6-15-8-16-13(11)14(3,4)5/h6,8,17H,7H2,1-5H3. The number of sulfonamides is 1. The predicted octanol–water partition coefficient (Wildman–Crippen LogP) is 1.86. The van der Waals surface area contributed by atoms with Crippen LogP contribution in [0.15, 0.2) is 21.9 Å². The molecule has 1 N–H and O–H groups in total. The molecule has 2 aromatic heterocycles. The van der Waals surface area contributed by atoms with Crippen molar-refractivity contribution >= 4 is 10.0 Å². The number of nitrogens with one attached hydrogen (secondary N) is 1. The van der Waals surface area contributed by atoms with Gasteiger partial charge in [-0.3, -0.25) is 0 Å². The van der Waals surface area contributed by atoms with E-state index in [0.717, 1.165) is 11.3 Å². The van der Waals surface area contributed by atoms with Gasteiger partial charge >= 0.3 is 0 Å². The molecule has 0 spiro atoms. The van der Waals surface area contributed by atoms with Crippen molar-refractivity contribution in [1.29, 1.82) is 0 Å². The van der Waals surface area contributed by atoms with Crippen LogP contribution in [-0.2, 0) is 22.0 Å². The highest BCUT2D eigenvalue weighted by atomic mass is 32.2. The Hall–Kier alpha value is -1.80. The van der Waals surface area contributed by atoms with Gasteiger partial charge in [0.2, 0.25) is 10.0 Å². The second-order valence-electron chi connectivity index (χ2n) is 6.12. The Morgan fingerprint density at radius 2 is 1.95 bits per heavy atom. The van der Waals surface area contributed by atoms with Crippen LogP contribution in [0.5, 0.6) is 0 Å². The molecule has 0 bridgehead atoms. The highest BCUT2D eigenvalue weighted by molar-refractivity contribution is 7.89. The summed E-state index contributed by atoms with van der Waals surface area (Å²) in [5.74, 6) is 0.269. The molecule has 0 radical (unpaired) electrons. The molecule has 120 valence electrons. The van der Waals surface area contributed by atoms with Crippen LogP contribution in [0.3, 0.4) is 0 Å². The van der Waals surface area contributed by atoms with Gasteiger partial charge in [0.25, 0.3) is 0 Å². The maximum absolute atomic E-state index is 12.4. The van der Waals surface area contributed by atoms with Gasteiger partial charge in [-0.2, -0.15) is 0 Å². The monoisotopic (exact) mass is 324 g/mol. The Labute approximate surface area is 130 Å². The van der Waals surface area contributed by atoms with E-state index in [1.54, 1.807) is 20.0 Å². The average molecular weight is 324 g/mol. The summed E-state index contributed by atoms with van der Waals surface area (Å²) >= 11 is 0. The first-order valence-electron chi connectivity index (χ1n) is 6.85. The van der Waals surface area contributed by atoms with Crippen molar-refractivity contribution in [2.45, 2.75) is 51.5 Å². The fourth-order valence-corrected chi connectivity index (χ4v) is 3.60. The average Bonchev–Trinajstić information content (AvgIpc) is 2.76. The van der Waals surface area contributed by atoms with Crippen molar-refractivity contribution in [1.82, 2.24) is 19.8 Å². The summed E-state index contributed by atoms with van der Waals surface area (Å²) in [7, 11) is -3.70. The fraction of sp³-hybridized carbons (Fsp3) is 0.500. The van der Waals surface area contributed by atoms with E-state index >= 15 is 0 Å². The summed E-state index contributed by atoms with van der Waals surface area (Å²) in [6.07, 6.45) is 3.09. The van der Waals surface area contributed by atoms with Gasteiger partial charge in [-0.1, -0.05) is 25.9 Å². The SMILES string of the molecule is Cc1noc(C)c1S(=O)(=O)NCc1cncnc1C(C)(C)C. The molecule has 0 saturated carbocycles. The maximum atomic E-state index is 12.4. The molecule has 0 amide bonds. The molecule has 0 aliphatic carbocycles. The van der Waals surface area contributed by atoms with Crippen LogP contribution in [-0.4, -0.2) is 23.5 Å². The van der Waals surface area contributed by atoms with E-state index in [4.69, 9.17) is 4.52 Å². The van der Waals surface area contributed by atoms with Gasteiger partial charge in [-0.15, -0.1) is 0 Å². The molecule has 22 heavy (non-hydrogen) atoms. The quantitative estimate of drug-likeness (QED) is 0.921. The Balaban J connectivity index is 2.28. The summed E-state index contributed by atoms with van der Waals surface area (Å²) in [5, 5.41) is 3.68. The van der Waals surface area contributed by atoms with E-state index < -0.39 is 10.0 Å². The zero-order valence-electron chi connectivity index (χ0n) is 13.3. The van der Waals surface area contributed by atoms with Crippen LogP contribution in [0.25, 0.3) is 0 Å². The van der Waals surface area contributed by atoms with E-state index in [0.29, 0.717) is 5.69 Å². The van der Waals surface area contributed by atoms with Crippen molar-refractivity contribution in [2.24, 2.45) is 0 Å².